The number of H-pyrrole nitrogens is 2. The third-order valence-electron chi connectivity index (χ3n) is 2.85. The molecule has 0 saturated carbocycles. The molecule has 100 valence electrons. The van der Waals surface area contributed by atoms with E-state index >= 15 is 0 Å². The van der Waals surface area contributed by atoms with Gasteiger partial charge in [-0.05, 0) is 31.9 Å². The van der Waals surface area contributed by atoms with Crippen LogP contribution in [-0.2, 0) is 6.42 Å². The lowest BCUT2D eigenvalue weighted by atomic mass is 10.1. The summed E-state index contributed by atoms with van der Waals surface area (Å²) in [4.78, 5) is 26.5. The topological polar surface area (TPSA) is 90.6 Å². The van der Waals surface area contributed by atoms with Crippen molar-refractivity contribution >= 4 is 11.7 Å². The molecule has 0 atom stereocenters. The smallest absolute Gasteiger partial charge is 0.262 e. The maximum atomic E-state index is 12.1. The predicted molar refractivity (Wildman–Crippen MR) is 72.5 cm³/mol. The minimum atomic E-state index is -0.451. The Morgan fingerprint density at radius 2 is 2.11 bits per heavy atom. The van der Waals surface area contributed by atoms with Gasteiger partial charge in [-0.3, -0.25) is 14.7 Å². The van der Waals surface area contributed by atoms with E-state index in [-0.39, 0.29) is 11.1 Å². The first-order valence-corrected chi connectivity index (χ1v) is 6.07. The standard InChI is InChI=1S/C13H16N4O2/c1-4-9-6-10(17-16-9)15-13(19)11-7(2)5-8(3)14-12(11)18/h5-6H,4H2,1-3H3,(H,14,18)(H2,15,16,17,19). The summed E-state index contributed by atoms with van der Waals surface area (Å²) in [5, 5.41) is 9.37. The number of anilines is 1. The van der Waals surface area contributed by atoms with Crippen molar-refractivity contribution in [1.82, 2.24) is 15.2 Å². The molecule has 3 N–H and O–H groups in total. The molecule has 2 aromatic rings. The van der Waals surface area contributed by atoms with Crippen LogP contribution in [0.2, 0.25) is 0 Å². The molecule has 0 aliphatic heterocycles. The number of carbonyl (C=O) groups is 1. The minimum Gasteiger partial charge on any atom is -0.326 e. The van der Waals surface area contributed by atoms with E-state index in [1.807, 2.05) is 6.92 Å². The van der Waals surface area contributed by atoms with Crippen LogP contribution in [0, 0.1) is 13.8 Å². The van der Waals surface area contributed by atoms with Gasteiger partial charge in [0.25, 0.3) is 11.5 Å². The number of aromatic nitrogens is 3. The lowest BCUT2D eigenvalue weighted by molar-refractivity contribution is 0.102. The zero-order chi connectivity index (χ0) is 14.0. The van der Waals surface area contributed by atoms with Crippen LogP contribution in [0.15, 0.2) is 16.9 Å². The molecule has 2 heterocycles. The number of nitrogens with zero attached hydrogens (tertiary/aromatic N) is 1. The molecule has 0 aliphatic rings. The van der Waals surface area contributed by atoms with Crippen molar-refractivity contribution < 1.29 is 4.79 Å². The zero-order valence-corrected chi connectivity index (χ0v) is 11.1. The molecular weight excluding hydrogens is 244 g/mol. The summed E-state index contributed by atoms with van der Waals surface area (Å²) in [7, 11) is 0. The molecule has 2 aromatic heterocycles. The number of aromatic amines is 2. The number of pyridine rings is 1. The Bertz CT molecular complexity index is 670. The summed E-state index contributed by atoms with van der Waals surface area (Å²) >= 11 is 0. The second kappa shape index (κ2) is 5.09. The molecular formula is C13H16N4O2. The lowest BCUT2D eigenvalue weighted by Gasteiger charge is -2.05. The molecule has 0 fully saturated rings. The van der Waals surface area contributed by atoms with Crippen LogP contribution in [0.4, 0.5) is 5.82 Å². The molecule has 0 aromatic carbocycles. The van der Waals surface area contributed by atoms with Crippen molar-refractivity contribution in [2.75, 3.05) is 5.32 Å². The summed E-state index contributed by atoms with van der Waals surface area (Å²) in [6.45, 7) is 5.49. The summed E-state index contributed by atoms with van der Waals surface area (Å²) in [6.07, 6.45) is 0.799. The normalized spacial score (nSPS) is 10.5. The van der Waals surface area contributed by atoms with Gasteiger partial charge in [0.2, 0.25) is 0 Å². The zero-order valence-electron chi connectivity index (χ0n) is 11.1. The maximum Gasteiger partial charge on any atom is 0.262 e. The molecule has 0 spiro atoms. The summed E-state index contributed by atoms with van der Waals surface area (Å²) in [6, 6.07) is 3.51. The fourth-order valence-electron chi connectivity index (χ4n) is 1.92. The molecule has 0 unspecified atom stereocenters. The van der Waals surface area contributed by atoms with Crippen molar-refractivity contribution in [3.05, 3.63) is 45.0 Å². The maximum absolute atomic E-state index is 12.1. The van der Waals surface area contributed by atoms with Crippen molar-refractivity contribution in [3.8, 4) is 0 Å². The predicted octanol–water partition coefficient (Wildman–Crippen LogP) is 1.53. The monoisotopic (exact) mass is 260 g/mol. The second-order valence-corrected chi connectivity index (χ2v) is 4.43. The Kier molecular flexibility index (Phi) is 3.50. The third kappa shape index (κ3) is 2.73. The van der Waals surface area contributed by atoms with Gasteiger partial charge in [0.05, 0.1) is 0 Å². The number of amides is 1. The lowest BCUT2D eigenvalue weighted by Crippen LogP contribution is -2.25. The number of aryl methyl sites for hydroxylation is 3. The van der Waals surface area contributed by atoms with E-state index in [4.69, 9.17) is 0 Å². The van der Waals surface area contributed by atoms with Crippen LogP contribution in [-0.4, -0.2) is 21.1 Å². The molecule has 2 rings (SSSR count). The fourth-order valence-corrected chi connectivity index (χ4v) is 1.92. The molecule has 6 heteroatoms. The van der Waals surface area contributed by atoms with Crippen molar-refractivity contribution in [3.63, 3.8) is 0 Å². The molecule has 19 heavy (non-hydrogen) atoms. The first-order chi connectivity index (χ1) is 9.01. The molecule has 0 saturated heterocycles. The molecule has 0 radical (unpaired) electrons. The van der Waals surface area contributed by atoms with Crippen LogP contribution in [0.1, 0.15) is 34.2 Å². The fraction of sp³-hybridized carbons (Fsp3) is 0.308. The van der Waals surface area contributed by atoms with E-state index < -0.39 is 5.91 Å². The average molecular weight is 260 g/mol. The summed E-state index contributed by atoms with van der Waals surface area (Å²) in [5.41, 5.74) is 2.02. The van der Waals surface area contributed by atoms with Crippen LogP contribution in [0.3, 0.4) is 0 Å². The highest BCUT2D eigenvalue weighted by Gasteiger charge is 2.15. The van der Waals surface area contributed by atoms with E-state index in [0.29, 0.717) is 11.4 Å². The van der Waals surface area contributed by atoms with Crippen molar-refractivity contribution in [2.45, 2.75) is 27.2 Å². The van der Waals surface area contributed by atoms with E-state index in [0.717, 1.165) is 17.8 Å². The van der Waals surface area contributed by atoms with Gasteiger partial charge in [0.1, 0.15) is 5.56 Å². The first-order valence-electron chi connectivity index (χ1n) is 6.07. The van der Waals surface area contributed by atoms with Gasteiger partial charge < -0.3 is 10.3 Å². The first kappa shape index (κ1) is 13.1. The van der Waals surface area contributed by atoms with Gasteiger partial charge in [0, 0.05) is 17.5 Å². The van der Waals surface area contributed by atoms with Crippen LogP contribution < -0.4 is 10.9 Å². The van der Waals surface area contributed by atoms with Crippen LogP contribution in [0.25, 0.3) is 0 Å². The highest BCUT2D eigenvalue weighted by atomic mass is 16.2. The van der Waals surface area contributed by atoms with Gasteiger partial charge >= 0.3 is 0 Å². The highest BCUT2D eigenvalue weighted by molar-refractivity contribution is 6.04. The Morgan fingerprint density at radius 3 is 2.68 bits per heavy atom. The third-order valence-corrected chi connectivity index (χ3v) is 2.85. The Morgan fingerprint density at radius 1 is 1.37 bits per heavy atom. The van der Waals surface area contributed by atoms with Gasteiger partial charge in [-0.15, -0.1) is 0 Å². The number of carbonyl (C=O) groups excluding carboxylic acids is 1. The average Bonchev–Trinajstić information content (AvgIpc) is 2.75. The summed E-state index contributed by atoms with van der Waals surface area (Å²) in [5.74, 6) is -0.0332. The SMILES string of the molecule is CCc1cc(NC(=O)c2c(C)cc(C)[nH]c2=O)n[nH]1. The molecule has 0 bridgehead atoms. The van der Waals surface area contributed by atoms with Gasteiger partial charge in [0.15, 0.2) is 5.82 Å². The number of hydrogen-bond donors (Lipinski definition) is 3. The Balaban J connectivity index is 2.28. The van der Waals surface area contributed by atoms with E-state index in [1.54, 1.807) is 26.0 Å². The number of hydrogen-bond acceptors (Lipinski definition) is 3. The second-order valence-electron chi connectivity index (χ2n) is 4.43. The summed E-state index contributed by atoms with van der Waals surface area (Å²) < 4.78 is 0. The van der Waals surface area contributed by atoms with Gasteiger partial charge in [-0.2, -0.15) is 5.10 Å². The van der Waals surface area contributed by atoms with E-state index in [9.17, 15) is 9.59 Å². The minimum absolute atomic E-state index is 0.117. The highest BCUT2D eigenvalue weighted by Crippen LogP contribution is 2.09. The van der Waals surface area contributed by atoms with Crippen LogP contribution >= 0.6 is 0 Å². The largest absolute Gasteiger partial charge is 0.326 e. The van der Waals surface area contributed by atoms with Crippen molar-refractivity contribution in [2.24, 2.45) is 0 Å². The quantitative estimate of drug-likeness (QED) is 0.781. The Labute approximate surface area is 110 Å². The number of rotatable bonds is 3. The molecule has 0 aliphatic carbocycles. The van der Waals surface area contributed by atoms with Gasteiger partial charge in [-0.1, -0.05) is 6.92 Å². The Hall–Kier alpha value is -2.37. The van der Waals surface area contributed by atoms with E-state index in [2.05, 4.69) is 20.5 Å². The van der Waals surface area contributed by atoms with Crippen molar-refractivity contribution in [1.29, 1.82) is 0 Å². The van der Waals surface area contributed by atoms with Crippen LogP contribution in [0.5, 0.6) is 0 Å². The van der Waals surface area contributed by atoms with E-state index in [1.165, 1.54) is 0 Å². The molecule has 6 nitrogen and oxygen atoms in total. The molecule has 1 amide bonds. The number of nitrogens with one attached hydrogen (secondary N) is 3. The van der Waals surface area contributed by atoms with Gasteiger partial charge in [-0.25, -0.2) is 0 Å².